The molecule has 0 saturated carbocycles. The van der Waals surface area contributed by atoms with Crippen molar-refractivity contribution in [3.63, 3.8) is 0 Å². The number of rotatable bonds is 3. The number of nitrogens with zero attached hydrogens (tertiary/aromatic N) is 1. The Morgan fingerprint density at radius 1 is 1.04 bits per heavy atom. The summed E-state index contributed by atoms with van der Waals surface area (Å²) in [5, 5.41) is 12.6. The summed E-state index contributed by atoms with van der Waals surface area (Å²) in [6.45, 7) is 4.77. The number of benzene rings is 2. The molecule has 1 N–H and O–H groups in total. The van der Waals surface area contributed by atoms with Gasteiger partial charge in [-0.15, -0.1) is 0 Å². The van der Waals surface area contributed by atoms with Gasteiger partial charge in [0, 0.05) is 5.56 Å². The number of carbonyl (C=O) groups excluding carboxylic acids is 2. The first kappa shape index (κ1) is 18.3. The summed E-state index contributed by atoms with van der Waals surface area (Å²) in [5.41, 5.74) is -2.45. The van der Waals surface area contributed by atoms with Crippen LogP contribution in [0, 0.1) is 0 Å². The predicted octanol–water partition coefficient (Wildman–Crippen LogP) is 3.66. The van der Waals surface area contributed by atoms with Crippen LogP contribution < -0.4 is 0 Å². The fraction of sp³-hybridized carbons (Fsp3) is 0.273. The molecule has 0 spiro atoms. The first-order valence-electron chi connectivity index (χ1n) is 9.04. The van der Waals surface area contributed by atoms with Crippen molar-refractivity contribution in [2.75, 3.05) is 0 Å². The van der Waals surface area contributed by atoms with E-state index in [0.29, 0.717) is 5.56 Å². The Morgan fingerprint density at radius 3 is 2.46 bits per heavy atom. The number of aliphatic hydroxyl groups excluding tert-OH is 1. The molecule has 2 atom stereocenters. The standard InChI is InChI=1S/C22H21NO5/c1-21(2)23(19(25)16-11-6-9-14-8-4-5-10-15(14)16)22(3,20(26)28-21)18(24)17-12-7-13-27-17/h4-13,18,24H,1-3H3/t18-,22-/m1/s1. The minimum atomic E-state index is -1.64. The highest BCUT2D eigenvalue weighted by atomic mass is 16.6. The average molecular weight is 379 g/mol. The first-order valence-corrected chi connectivity index (χ1v) is 9.04. The minimum absolute atomic E-state index is 0.188. The number of aliphatic hydroxyl groups is 1. The summed E-state index contributed by atoms with van der Waals surface area (Å²) >= 11 is 0. The molecule has 2 aromatic carbocycles. The van der Waals surface area contributed by atoms with Crippen molar-refractivity contribution in [1.29, 1.82) is 0 Å². The molecule has 1 fully saturated rings. The smallest absolute Gasteiger partial charge is 0.337 e. The van der Waals surface area contributed by atoms with E-state index in [9.17, 15) is 14.7 Å². The van der Waals surface area contributed by atoms with Crippen molar-refractivity contribution in [1.82, 2.24) is 4.90 Å². The lowest BCUT2D eigenvalue weighted by atomic mass is 9.89. The van der Waals surface area contributed by atoms with E-state index in [1.165, 1.54) is 18.1 Å². The highest BCUT2D eigenvalue weighted by molar-refractivity contribution is 6.09. The molecule has 144 valence electrons. The molecule has 28 heavy (non-hydrogen) atoms. The van der Waals surface area contributed by atoms with Gasteiger partial charge < -0.3 is 14.3 Å². The van der Waals surface area contributed by atoms with Crippen molar-refractivity contribution in [3.05, 3.63) is 72.2 Å². The number of furan rings is 1. The summed E-state index contributed by atoms with van der Waals surface area (Å²) in [6.07, 6.45) is 0.0280. The molecule has 0 bridgehead atoms. The van der Waals surface area contributed by atoms with Crippen molar-refractivity contribution in [2.24, 2.45) is 0 Å². The minimum Gasteiger partial charge on any atom is -0.466 e. The SMILES string of the molecule is CC1(C)OC(=O)[C@@](C)([C@H](O)c2ccco2)N1C(=O)c1cccc2ccccc12. The normalized spacial score (nSPS) is 22.3. The maximum atomic E-state index is 13.7. The van der Waals surface area contributed by atoms with Gasteiger partial charge in [-0.05, 0) is 49.7 Å². The van der Waals surface area contributed by atoms with E-state index in [2.05, 4.69) is 0 Å². The molecule has 0 unspecified atom stereocenters. The zero-order chi connectivity index (χ0) is 20.1. The highest BCUT2D eigenvalue weighted by Crippen LogP contribution is 2.45. The maximum Gasteiger partial charge on any atom is 0.337 e. The molecule has 1 saturated heterocycles. The third kappa shape index (κ3) is 2.52. The number of amides is 1. The second-order valence-corrected chi connectivity index (χ2v) is 7.57. The van der Waals surface area contributed by atoms with Crippen LogP contribution in [0.2, 0.25) is 0 Å². The molecule has 3 aromatic rings. The number of esters is 1. The van der Waals surface area contributed by atoms with Gasteiger partial charge in [0.1, 0.15) is 11.9 Å². The number of hydrogen-bond acceptors (Lipinski definition) is 5. The van der Waals surface area contributed by atoms with Crippen molar-refractivity contribution in [3.8, 4) is 0 Å². The van der Waals surface area contributed by atoms with Gasteiger partial charge in [0.2, 0.25) is 0 Å². The lowest BCUT2D eigenvalue weighted by molar-refractivity contribution is -0.151. The second kappa shape index (κ2) is 6.21. The van der Waals surface area contributed by atoms with E-state index >= 15 is 0 Å². The Labute approximate surface area is 162 Å². The number of hydrogen-bond donors (Lipinski definition) is 1. The second-order valence-electron chi connectivity index (χ2n) is 7.57. The molecule has 1 aliphatic heterocycles. The lowest BCUT2D eigenvalue weighted by Crippen LogP contribution is -2.58. The number of carbonyl (C=O) groups is 2. The molecule has 2 heterocycles. The van der Waals surface area contributed by atoms with E-state index < -0.39 is 29.2 Å². The molecule has 6 nitrogen and oxygen atoms in total. The zero-order valence-electron chi connectivity index (χ0n) is 15.9. The van der Waals surface area contributed by atoms with E-state index in [1.807, 2.05) is 30.3 Å². The Bertz CT molecular complexity index is 1050. The molecule has 1 aliphatic rings. The predicted molar refractivity (Wildman–Crippen MR) is 102 cm³/mol. The Hall–Kier alpha value is -3.12. The summed E-state index contributed by atoms with van der Waals surface area (Å²) in [4.78, 5) is 27.8. The van der Waals surface area contributed by atoms with Crippen LogP contribution >= 0.6 is 0 Å². The third-order valence-electron chi connectivity index (χ3n) is 5.33. The molecule has 6 heteroatoms. The summed E-state index contributed by atoms with van der Waals surface area (Å²) in [7, 11) is 0. The molecule has 1 amide bonds. The zero-order valence-corrected chi connectivity index (χ0v) is 15.9. The van der Waals surface area contributed by atoms with Crippen molar-refractivity contribution < 1.29 is 23.8 Å². The fourth-order valence-electron chi connectivity index (χ4n) is 3.97. The van der Waals surface area contributed by atoms with E-state index in [0.717, 1.165) is 10.8 Å². The Kier molecular flexibility index (Phi) is 4.05. The van der Waals surface area contributed by atoms with Crippen molar-refractivity contribution in [2.45, 2.75) is 38.1 Å². The van der Waals surface area contributed by atoms with Crippen molar-refractivity contribution >= 4 is 22.6 Å². The largest absolute Gasteiger partial charge is 0.466 e. The average Bonchev–Trinajstić information content (AvgIpc) is 3.26. The van der Waals surface area contributed by atoms with Gasteiger partial charge in [-0.2, -0.15) is 0 Å². The van der Waals surface area contributed by atoms with Crippen LogP contribution in [0.15, 0.2) is 65.3 Å². The molecule has 0 aliphatic carbocycles. The van der Waals surface area contributed by atoms with E-state index in [1.54, 1.807) is 38.1 Å². The highest BCUT2D eigenvalue weighted by Gasteiger charge is 2.63. The van der Waals surface area contributed by atoms with E-state index in [4.69, 9.17) is 9.15 Å². The lowest BCUT2D eigenvalue weighted by Gasteiger charge is -2.39. The molecular weight excluding hydrogens is 358 g/mol. The monoisotopic (exact) mass is 379 g/mol. The molecule has 4 rings (SSSR count). The number of ether oxygens (including phenoxy) is 1. The van der Waals surface area contributed by atoms with Crippen LogP contribution in [-0.2, 0) is 9.53 Å². The Morgan fingerprint density at radius 2 is 1.75 bits per heavy atom. The summed E-state index contributed by atoms with van der Waals surface area (Å²) in [6, 6.07) is 16.1. The summed E-state index contributed by atoms with van der Waals surface area (Å²) in [5.74, 6) is -0.899. The van der Waals surface area contributed by atoms with Gasteiger partial charge >= 0.3 is 5.97 Å². The van der Waals surface area contributed by atoms with Crippen LogP contribution in [0.3, 0.4) is 0 Å². The molecule has 0 radical (unpaired) electrons. The van der Waals surface area contributed by atoms with Gasteiger partial charge in [0.25, 0.3) is 5.91 Å². The Balaban J connectivity index is 1.87. The van der Waals surface area contributed by atoms with Gasteiger partial charge in [-0.3, -0.25) is 9.69 Å². The molecule has 1 aromatic heterocycles. The first-order chi connectivity index (χ1) is 13.3. The van der Waals surface area contributed by atoms with Crippen LogP contribution in [-0.4, -0.2) is 33.1 Å². The van der Waals surface area contributed by atoms with Crippen LogP contribution in [0.5, 0.6) is 0 Å². The van der Waals surface area contributed by atoms with Crippen LogP contribution in [0.1, 0.15) is 43.0 Å². The van der Waals surface area contributed by atoms with Crippen LogP contribution in [0.25, 0.3) is 10.8 Å². The topological polar surface area (TPSA) is 80.0 Å². The number of cyclic esters (lactones) is 1. The number of fused-ring (bicyclic) bond motifs is 1. The van der Waals surface area contributed by atoms with E-state index in [-0.39, 0.29) is 5.76 Å². The third-order valence-corrected chi connectivity index (χ3v) is 5.33. The maximum absolute atomic E-state index is 13.7. The van der Waals surface area contributed by atoms with Gasteiger partial charge in [0.15, 0.2) is 11.3 Å². The molecular formula is C22H21NO5. The fourth-order valence-corrected chi connectivity index (χ4v) is 3.97. The quantitative estimate of drug-likeness (QED) is 0.703. The van der Waals surface area contributed by atoms with Gasteiger partial charge in [-0.25, -0.2) is 4.79 Å². The van der Waals surface area contributed by atoms with Gasteiger partial charge in [-0.1, -0.05) is 36.4 Å². The van der Waals surface area contributed by atoms with Gasteiger partial charge in [0.05, 0.1) is 6.26 Å². The van der Waals surface area contributed by atoms with Crippen LogP contribution in [0.4, 0.5) is 0 Å². The summed E-state index contributed by atoms with van der Waals surface area (Å²) < 4.78 is 10.8.